The minimum atomic E-state index is -1.11. The summed E-state index contributed by atoms with van der Waals surface area (Å²) in [6.07, 6.45) is 2.12. The van der Waals surface area contributed by atoms with E-state index < -0.39 is 35.9 Å². The molecule has 4 amide bonds. The molecule has 0 radical (unpaired) electrons. The molecule has 8 nitrogen and oxygen atoms in total. The van der Waals surface area contributed by atoms with Crippen molar-refractivity contribution in [2.24, 2.45) is 0 Å². The molecule has 1 spiro atoms. The van der Waals surface area contributed by atoms with E-state index >= 15 is 0 Å². The van der Waals surface area contributed by atoms with Gasteiger partial charge in [0.1, 0.15) is 17.0 Å². The lowest BCUT2D eigenvalue weighted by Gasteiger charge is -2.33. The highest BCUT2D eigenvalue weighted by molar-refractivity contribution is 7.18. The van der Waals surface area contributed by atoms with E-state index in [0.717, 1.165) is 40.2 Å². The van der Waals surface area contributed by atoms with E-state index in [9.17, 15) is 19.2 Å². The highest BCUT2D eigenvalue weighted by Crippen LogP contribution is 2.39. The Labute approximate surface area is 183 Å². The number of thiophene rings is 1. The average Bonchev–Trinajstić information content (AvgIpc) is 3.21. The van der Waals surface area contributed by atoms with Crippen LogP contribution in [0.25, 0.3) is 0 Å². The van der Waals surface area contributed by atoms with Gasteiger partial charge in [0.15, 0.2) is 0 Å². The number of esters is 1. The van der Waals surface area contributed by atoms with Crippen LogP contribution in [0.15, 0.2) is 30.3 Å². The Kier molecular flexibility index (Phi) is 5.53. The Morgan fingerprint density at radius 3 is 2.84 bits per heavy atom. The number of nitrogens with zero attached hydrogens (tertiary/aromatic N) is 1. The third kappa shape index (κ3) is 3.69. The lowest BCUT2D eigenvalue weighted by atomic mass is 9.76. The van der Waals surface area contributed by atoms with Crippen LogP contribution in [0, 0.1) is 6.92 Å². The third-order valence-corrected chi connectivity index (χ3v) is 6.73. The summed E-state index contributed by atoms with van der Waals surface area (Å²) >= 11 is 1.10. The Morgan fingerprint density at radius 2 is 2.06 bits per heavy atom. The van der Waals surface area contributed by atoms with Gasteiger partial charge in [-0.05, 0) is 55.9 Å². The van der Waals surface area contributed by atoms with Crippen molar-refractivity contribution in [1.29, 1.82) is 0 Å². The van der Waals surface area contributed by atoms with Crippen LogP contribution in [0.4, 0.5) is 9.80 Å². The van der Waals surface area contributed by atoms with Crippen molar-refractivity contribution in [2.45, 2.75) is 38.6 Å². The second kappa shape index (κ2) is 8.14. The van der Waals surface area contributed by atoms with E-state index in [1.165, 1.54) is 0 Å². The molecule has 1 aromatic carbocycles. The number of hydrogen-bond acceptors (Lipinski definition) is 6. The Balaban J connectivity index is 1.49. The van der Waals surface area contributed by atoms with E-state index in [0.29, 0.717) is 21.9 Å². The van der Waals surface area contributed by atoms with Crippen LogP contribution in [-0.2, 0) is 26.3 Å². The molecule has 1 unspecified atom stereocenters. The van der Waals surface area contributed by atoms with Crippen LogP contribution in [0.1, 0.15) is 46.1 Å². The van der Waals surface area contributed by atoms with Crippen molar-refractivity contribution in [2.75, 3.05) is 18.5 Å². The number of carbonyl (C=O) groups is 4. The molecule has 162 valence electrons. The summed E-state index contributed by atoms with van der Waals surface area (Å²) in [7, 11) is 0. The lowest BCUT2D eigenvalue weighted by molar-refractivity contribution is -0.134. The molecule has 2 heterocycles. The van der Waals surface area contributed by atoms with Crippen LogP contribution in [0.2, 0.25) is 0 Å². The van der Waals surface area contributed by atoms with Crippen LogP contribution in [0.3, 0.4) is 0 Å². The van der Waals surface area contributed by atoms with E-state index in [2.05, 4.69) is 10.6 Å². The van der Waals surface area contributed by atoms with Gasteiger partial charge in [-0.3, -0.25) is 14.5 Å². The topological polar surface area (TPSA) is 105 Å². The number of rotatable bonds is 5. The SMILES string of the molecule is CCOC(=O)c1sc(NC(=O)CN2C(=O)NC3(CCCc4ccccc43)C2=O)cc1C. The second-order valence-electron chi connectivity index (χ2n) is 7.63. The summed E-state index contributed by atoms with van der Waals surface area (Å²) in [5.74, 6) is -1.37. The number of carbonyl (C=O) groups excluding carboxylic acids is 4. The van der Waals surface area contributed by atoms with Crippen LogP contribution in [0.5, 0.6) is 0 Å². The Morgan fingerprint density at radius 1 is 1.29 bits per heavy atom. The van der Waals surface area contributed by atoms with Gasteiger partial charge in [-0.25, -0.2) is 9.59 Å². The molecule has 0 bridgehead atoms. The monoisotopic (exact) mass is 441 g/mol. The minimum Gasteiger partial charge on any atom is -0.462 e. The maximum absolute atomic E-state index is 13.3. The van der Waals surface area contributed by atoms with Crippen LogP contribution < -0.4 is 10.6 Å². The van der Waals surface area contributed by atoms with Gasteiger partial charge < -0.3 is 15.4 Å². The van der Waals surface area contributed by atoms with Gasteiger partial charge in [-0.15, -0.1) is 11.3 Å². The van der Waals surface area contributed by atoms with Crippen molar-refractivity contribution in [1.82, 2.24) is 10.2 Å². The maximum Gasteiger partial charge on any atom is 0.348 e. The van der Waals surface area contributed by atoms with E-state index in [1.807, 2.05) is 24.3 Å². The first kappa shape index (κ1) is 21.0. The number of nitrogens with one attached hydrogen (secondary N) is 2. The van der Waals surface area contributed by atoms with Crippen molar-refractivity contribution < 1.29 is 23.9 Å². The first-order chi connectivity index (χ1) is 14.9. The number of amides is 4. The number of aryl methyl sites for hydroxylation is 2. The predicted molar refractivity (Wildman–Crippen MR) is 115 cm³/mol. The molecule has 1 saturated heterocycles. The fourth-order valence-corrected chi connectivity index (χ4v) is 5.20. The number of hydrogen-bond donors (Lipinski definition) is 2. The molecule has 31 heavy (non-hydrogen) atoms. The van der Waals surface area contributed by atoms with E-state index in [4.69, 9.17) is 4.74 Å². The van der Waals surface area contributed by atoms with Gasteiger partial charge in [0.2, 0.25) is 5.91 Å². The number of anilines is 1. The highest BCUT2D eigenvalue weighted by atomic mass is 32.1. The molecular weight excluding hydrogens is 418 g/mol. The van der Waals surface area contributed by atoms with Crippen molar-refractivity contribution in [3.05, 3.63) is 51.9 Å². The fourth-order valence-electron chi connectivity index (χ4n) is 4.22. The van der Waals surface area contributed by atoms with E-state index in [1.54, 1.807) is 19.9 Å². The van der Waals surface area contributed by atoms with Crippen LogP contribution >= 0.6 is 11.3 Å². The van der Waals surface area contributed by atoms with E-state index in [-0.39, 0.29) is 6.61 Å². The summed E-state index contributed by atoms with van der Waals surface area (Å²) in [5.41, 5.74) is 1.42. The van der Waals surface area contributed by atoms with Gasteiger partial charge in [-0.2, -0.15) is 0 Å². The highest BCUT2D eigenvalue weighted by Gasteiger charge is 2.54. The van der Waals surface area contributed by atoms with Crippen molar-refractivity contribution in [3.8, 4) is 0 Å². The molecule has 0 saturated carbocycles. The summed E-state index contributed by atoms with van der Waals surface area (Å²) in [5, 5.41) is 5.97. The third-order valence-electron chi connectivity index (χ3n) is 5.59. The Bertz CT molecular complexity index is 1080. The summed E-state index contributed by atoms with van der Waals surface area (Å²) in [6.45, 7) is 3.33. The number of benzene rings is 1. The normalized spacial score (nSPS) is 19.9. The number of imide groups is 1. The molecule has 2 aromatic rings. The lowest BCUT2D eigenvalue weighted by Crippen LogP contribution is -2.47. The molecule has 1 aliphatic carbocycles. The molecule has 1 aromatic heterocycles. The Hall–Kier alpha value is -3.20. The van der Waals surface area contributed by atoms with Crippen molar-refractivity contribution in [3.63, 3.8) is 0 Å². The van der Waals surface area contributed by atoms with Gasteiger partial charge >= 0.3 is 12.0 Å². The summed E-state index contributed by atoms with van der Waals surface area (Å²) in [6, 6.07) is 8.68. The largest absolute Gasteiger partial charge is 0.462 e. The summed E-state index contributed by atoms with van der Waals surface area (Å²) in [4.78, 5) is 51.8. The smallest absolute Gasteiger partial charge is 0.348 e. The van der Waals surface area contributed by atoms with Crippen molar-refractivity contribution >= 4 is 40.2 Å². The standard InChI is InChI=1S/C22H23N3O5S/c1-3-30-19(27)18-13(2)11-17(31-18)23-16(26)12-25-20(28)22(24-21(25)29)10-6-8-14-7-4-5-9-15(14)22/h4-5,7,9,11H,3,6,8,10,12H2,1-2H3,(H,23,26)(H,24,29). The van der Waals surface area contributed by atoms with Gasteiger partial charge in [-0.1, -0.05) is 24.3 Å². The maximum atomic E-state index is 13.3. The van der Waals surface area contributed by atoms with Crippen LogP contribution in [-0.4, -0.2) is 41.9 Å². The molecule has 4 rings (SSSR count). The molecule has 1 aliphatic heterocycles. The number of fused-ring (bicyclic) bond motifs is 2. The van der Waals surface area contributed by atoms with Gasteiger partial charge in [0, 0.05) is 0 Å². The minimum absolute atomic E-state index is 0.259. The zero-order chi connectivity index (χ0) is 22.2. The van der Waals surface area contributed by atoms with Gasteiger partial charge in [0.25, 0.3) is 5.91 Å². The molecular formula is C22H23N3O5S. The molecule has 9 heteroatoms. The first-order valence-corrected chi connectivity index (χ1v) is 11.0. The quantitative estimate of drug-likeness (QED) is 0.548. The zero-order valence-electron chi connectivity index (χ0n) is 17.3. The molecule has 1 atom stereocenters. The second-order valence-corrected chi connectivity index (χ2v) is 8.68. The number of urea groups is 1. The molecule has 2 aliphatic rings. The van der Waals surface area contributed by atoms with Gasteiger partial charge in [0.05, 0.1) is 11.6 Å². The fraction of sp³-hybridized carbons (Fsp3) is 0.364. The molecule has 1 fully saturated rings. The number of ether oxygens (including phenoxy) is 1. The predicted octanol–water partition coefficient (Wildman–Crippen LogP) is 2.96. The summed E-state index contributed by atoms with van der Waals surface area (Å²) < 4.78 is 5.01. The zero-order valence-corrected chi connectivity index (χ0v) is 18.1. The average molecular weight is 442 g/mol. The molecule has 2 N–H and O–H groups in total. The first-order valence-electron chi connectivity index (χ1n) is 10.2.